The number of carbonyl (C=O) groups is 1. The molecule has 154 valence electrons. The molecule has 2 aliphatic rings. The zero-order valence-electron chi connectivity index (χ0n) is 17.4. The normalized spacial score (nSPS) is 22.7. The van der Waals surface area contributed by atoms with E-state index >= 15 is 0 Å². The Labute approximate surface area is 172 Å². The SMILES string of the molecule is COc1ccc(C2CC(N3CCN(C(=O)c4cc(C)ccc4C)CC3)NN2)cc1. The predicted octanol–water partition coefficient (Wildman–Crippen LogP) is 2.64. The molecule has 0 aliphatic carbocycles. The molecule has 1 amide bonds. The van der Waals surface area contributed by atoms with Gasteiger partial charge in [-0.15, -0.1) is 0 Å². The smallest absolute Gasteiger partial charge is 0.254 e. The van der Waals surface area contributed by atoms with Crippen LogP contribution in [0.3, 0.4) is 0 Å². The van der Waals surface area contributed by atoms with Crippen molar-refractivity contribution in [2.75, 3.05) is 33.3 Å². The van der Waals surface area contributed by atoms with Crippen LogP contribution >= 0.6 is 0 Å². The molecule has 2 aromatic carbocycles. The van der Waals surface area contributed by atoms with Crippen molar-refractivity contribution >= 4 is 5.91 Å². The maximum absolute atomic E-state index is 13.0. The van der Waals surface area contributed by atoms with E-state index < -0.39 is 0 Å². The summed E-state index contributed by atoms with van der Waals surface area (Å²) in [5.41, 5.74) is 11.1. The van der Waals surface area contributed by atoms with E-state index in [1.54, 1.807) is 7.11 Å². The Morgan fingerprint density at radius 1 is 1.00 bits per heavy atom. The van der Waals surface area contributed by atoms with Crippen molar-refractivity contribution < 1.29 is 9.53 Å². The van der Waals surface area contributed by atoms with Crippen molar-refractivity contribution in [2.45, 2.75) is 32.5 Å². The zero-order chi connectivity index (χ0) is 20.4. The molecule has 2 heterocycles. The summed E-state index contributed by atoms with van der Waals surface area (Å²) in [7, 11) is 1.69. The second kappa shape index (κ2) is 8.53. The summed E-state index contributed by atoms with van der Waals surface area (Å²) in [4.78, 5) is 17.4. The van der Waals surface area contributed by atoms with Gasteiger partial charge in [0, 0.05) is 37.8 Å². The molecule has 6 heteroatoms. The fourth-order valence-electron chi connectivity index (χ4n) is 4.21. The summed E-state index contributed by atoms with van der Waals surface area (Å²) in [5.74, 6) is 1.03. The van der Waals surface area contributed by atoms with Crippen molar-refractivity contribution in [1.82, 2.24) is 20.7 Å². The van der Waals surface area contributed by atoms with E-state index in [9.17, 15) is 4.79 Å². The first-order valence-corrected chi connectivity index (χ1v) is 10.3. The van der Waals surface area contributed by atoms with Gasteiger partial charge in [0.05, 0.1) is 13.3 Å². The van der Waals surface area contributed by atoms with Crippen LogP contribution in [0.2, 0.25) is 0 Å². The molecule has 2 N–H and O–H groups in total. The molecule has 2 aromatic rings. The summed E-state index contributed by atoms with van der Waals surface area (Å²) in [5, 5.41) is 0. The highest BCUT2D eigenvalue weighted by atomic mass is 16.5. The first-order chi connectivity index (χ1) is 14.0. The second-order valence-corrected chi connectivity index (χ2v) is 8.01. The molecule has 0 saturated carbocycles. The lowest BCUT2D eigenvalue weighted by Gasteiger charge is -2.38. The highest BCUT2D eigenvalue weighted by molar-refractivity contribution is 5.95. The van der Waals surface area contributed by atoms with E-state index in [4.69, 9.17) is 4.74 Å². The van der Waals surface area contributed by atoms with Gasteiger partial charge in [-0.05, 0) is 49.6 Å². The van der Waals surface area contributed by atoms with Crippen LogP contribution in [0.4, 0.5) is 0 Å². The summed E-state index contributed by atoms with van der Waals surface area (Å²) < 4.78 is 5.25. The lowest BCUT2D eigenvalue weighted by molar-refractivity contribution is 0.0544. The van der Waals surface area contributed by atoms with Crippen LogP contribution in [0.1, 0.15) is 39.5 Å². The summed E-state index contributed by atoms with van der Waals surface area (Å²) in [6.07, 6.45) is 1.28. The fraction of sp³-hybridized carbons (Fsp3) is 0.435. The minimum absolute atomic E-state index is 0.152. The van der Waals surface area contributed by atoms with E-state index in [2.05, 4.69) is 34.0 Å². The van der Waals surface area contributed by atoms with Gasteiger partial charge in [-0.2, -0.15) is 0 Å². The summed E-state index contributed by atoms with van der Waals surface area (Å²) >= 11 is 0. The van der Waals surface area contributed by atoms with Crippen LogP contribution in [0.5, 0.6) is 5.75 Å². The van der Waals surface area contributed by atoms with Crippen molar-refractivity contribution in [2.24, 2.45) is 0 Å². The summed E-state index contributed by atoms with van der Waals surface area (Å²) in [6.45, 7) is 7.33. The zero-order valence-corrected chi connectivity index (χ0v) is 17.4. The van der Waals surface area contributed by atoms with E-state index in [0.29, 0.717) is 0 Å². The van der Waals surface area contributed by atoms with Gasteiger partial charge in [0.25, 0.3) is 5.91 Å². The molecular weight excluding hydrogens is 364 g/mol. The van der Waals surface area contributed by atoms with Gasteiger partial charge in [0.1, 0.15) is 5.75 Å². The third-order valence-electron chi connectivity index (χ3n) is 6.07. The molecule has 4 rings (SSSR count). The fourth-order valence-corrected chi connectivity index (χ4v) is 4.21. The maximum Gasteiger partial charge on any atom is 0.254 e. The van der Waals surface area contributed by atoms with Crippen molar-refractivity contribution in [3.8, 4) is 5.75 Å². The number of hydrogen-bond acceptors (Lipinski definition) is 5. The lowest BCUT2D eigenvalue weighted by Crippen LogP contribution is -2.55. The molecular formula is C23H30N4O2. The minimum Gasteiger partial charge on any atom is -0.497 e. The quantitative estimate of drug-likeness (QED) is 0.835. The van der Waals surface area contributed by atoms with Gasteiger partial charge in [0.2, 0.25) is 0 Å². The number of nitrogens with zero attached hydrogens (tertiary/aromatic N) is 2. The van der Waals surface area contributed by atoms with Gasteiger partial charge in [0.15, 0.2) is 0 Å². The van der Waals surface area contributed by atoms with Crippen molar-refractivity contribution in [3.05, 3.63) is 64.7 Å². The Bertz CT molecular complexity index is 860. The molecule has 2 saturated heterocycles. The van der Waals surface area contributed by atoms with Crippen molar-refractivity contribution in [1.29, 1.82) is 0 Å². The molecule has 0 radical (unpaired) electrons. The van der Waals surface area contributed by atoms with Gasteiger partial charge in [-0.3, -0.25) is 9.69 Å². The maximum atomic E-state index is 13.0. The van der Waals surface area contributed by atoms with Gasteiger partial charge < -0.3 is 9.64 Å². The van der Waals surface area contributed by atoms with Crippen LogP contribution in [0.25, 0.3) is 0 Å². The third kappa shape index (κ3) is 4.29. The van der Waals surface area contributed by atoms with Gasteiger partial charge in [-0.1, -0.05) is 29.8 Å². The molecule has 2 atom stereocenters. The number of rotatable bonds is 4. The number of benzene rings is 2. The molecule has 29 heavy (non-hydrogen) atoms. The predicted molar refractivity (Wildman–Crippen MR) is 114 cm³/mol. The highest BCUT2D eigenvalue weighted by Gasteiger charge is 2.32. The number of piperazine rings is 1. The van der Waals surface area contributed by atoms with E-state index in [-0.39, 0.29) is 18.1 Å². The van der Waals surface area contributed by atoms with Crippen LogP contribution in [0.15, 0.2) is 42.5 Å². The monoisotopic (exact) mass is 394 g/mol. The molecule has 0 spiro atoms. The van der Waals surface area contributed by atoms with Crippen LogP contribution in [-0.4, -0.2) is 55.2 Å². The van der Waals surface area contributed by atoms with Crippen LogP contribution < -0.4 is 15.6 Å². The van der Waals surface area contributed by atoms with Gasteiger partial charge in [-0.25, -0.2) is 10.9 Å². The Morgan fingerprint density at radius 2 is 1.72 bits per heavy atom. The lowest BCUT2D eigenvalue weighted by atomic mass is 10.0. The van der Waals surface area contributed by atoms with E-state index in [0.717, 1.165) is 55.0 Å². The molecule has 6 nitrogen and oxygen atoms in total. The van der Waals surface area contributed by atoms with Crippen LogP contribution in [0, 0.1) is 13.8 Å². The third-order valence-corrected chi connectivity index (χ3v) is 6.07. The van der Waals surface area contributed by atoms with Gasteiger partial charge >= 0.3 is 0 Å². The number of hydrogen-bond donors (Lipinski definition) is 2. The van der Waals surface area contributed by atoms with Crippen LogP contribution in [-0.2, 0) is 0 Å². The Morgan fingerprint density at radius 3 is 2.41 bits per heavy atom. The number of nitrogens with one attached hydrogen (secondary N) is 2. The number of aryl methyl sites for hydroxylation is 2. The topological polar surface area (TPSA) is 56.8 Å². The van der Waals surface area contributed by atoms with E-state index in [1.165, 1.54) is 5.56 Å². The Kier molecular flexibility index (Phi) is 5.85. The molecule has 0 aromatic heterocycles. The molecule has 2 fully saturated rings. The standard InChI is InChI=1S/C23H30N4O2/c1-16-4-5-17(2)20(14-16)23(28)27-12-10-26(11-13-27)22-15-21(24-25-22)18-6-8-19(29-3)9-7-18/h4-9,14,21-22,24-25H,10-13,15H2,1-3H3. The largest absolute Gasteiger partial charge is 0.497 e. The number of amides is 1. The number of carbonyl (C=O) groups excluding carboxylic acids is 1. The first kappa shape index (κ1) is 19.9. The molecule has 0 bridgehead atoms. The molecule has 2 unspecified atom stereocenters. The average Bonchev–Trinajstić information content (AvgIpc) is 3.25. The number of ether oxygens (including phenoxy) is 1. The Hall–Kier alpha value is -2.41. The number of methoxy groups -OCH3 is 1. The summed E-state index contributed by atoms with van der Waals surface area (Å²) in [6, 6.07) is 14.6. The highest BCUT2D eigenvalue weighted by Crippen LogP contribution is 2.26. The Balaban J connectivity index is 1.33. The first-order valence-electron chi connectivity index (χ1n) is 10.3. The number of hydrazine groups is 1. The molecule has 2 aliphatic heterocycles. The van der Waals surface area contributed by atoms with Crippen molar-refractivity contribution in [3.63, 3.8) is 0 Å². The average molecular weight is 395 g/mol. The van der Waals surface area contributed by atoms with E-state index in [1.807, 2.05) is 43.0 Å². The minimum atomic E-state index is 0.152. The second-order valence-electron chi connectivity index (χ2n) is 8.01.